The molecule has 2 aliphatic heterocycles. The van der Waals surface area contributed by atoms with Gasteiger partial charge < -0.3 is 46.1 Å². The predicted molar refractivity (Wildman–Crippen MR) is 208 cm³/mol. The highest BCUT2D eigenvalue weighted by Crippen LogP contribution is 2.48. The van der Waals surface area contributed by atoms with Crippen LogP contribution in [0.5, 0.6) is 11.5 Å². The lowest BCUT2D eigenvalue weighted by molar-refractivity contribution is -0.0553. The van der Waals surface area contributed by atoms with Crippen molar-refractivity contribution in [1.29, 1.82) is 0 Å². The van der Waals surface area contributed by atoms with E-state index in [1.165, 1.54) is 38.0 Å². The van der Waals surface area contributed by atoms with E-state index in [2.05, 4.69) is 17.5 Å². The van der Waals surface area contributed by atoms with E-state index < -0.39 is 12.2 Å². The van der Waals surface area contributed by atoms with Crippen LogP contribution in [0.3, 0.4) is 0 Å². The van der Waals surface area contributed by atoms with Gasteiger partial charge >= 0.3 is 0 Å². The highest BCUT2D eigenvalue weighted by Gasteiger charge is 2.49. The van der Waals surface area contributed by atoms with E-state index in [0.29, 0.717) is 54.0 Å². The molecule has 5 aliphatic rings. The average molecular weight is 737 g/mol. The van der Waals surface area contributed by atoms with Gasteiger partial charge in [-0.1, -0.05) is 38.2 Å². The number of nitrogens with two attached hydrogens (primary N) is 1. The molecule has 3 saturated carbocycles. The van der Waals surface area contributed by atoms with E-state index in [1.807, 2.05) is 12.1 Å². The molecule has 1 aromatic carbocycles. The van der Waals surface area contributed by atoms with Crippen LogP contribution in [0.15, 0.2) is 46.6 Å². The molecular formula is C43H66N3O7+. The molecule has 10 heteroatoms. The maximum Gasteiger partial charge on any atom is 0.208 e. The van der Waals surface area contributed by atoms with Crippen LogP contribution in [0.4, 0.5) is 0 Å². The van der Waals surface area contributed by atoms with Crippen LogP contribution in [0.1, 0.15) is 102 Å². The molecule has 0 radical (unpaired) electrons. The normalized spacial score (nSPS) is 29.6. The Morgan fingerprint density at radius 3 is 2.74 bits per heavy atom. The van der Waals surface area contributed by atoms with Crippen molar-refractivity contribution in [3.05, 3.63) is 59.2 Å². The SMILES string of the molecule is C[C@H](O)CNC[C@@H]1[C+]2C=C([C@@H](O)COc3cc(CC[C-]4C=C(CO)C(CCCC[C@@H]5CC[C@@H](CCO)[C@H](N)C5)[OH+]4)ccc3O)N=C2CC[C@H]2CCC[C@@H]21. The van der Waals surface area contributed by atoms with Crippen molar-refractivity contribution >= 4 is 5.71 Å². The molecule has 294 valence electrons. The molecule has 3 fully saturated rings. The first kappa shape index (κ1) is 40.1. The number of ether oxygens (including phenoxy) is 2. The maximum absolute atomic E-state index is 11.2. The number of allylic oxidation sites excluding steroid dienone is 1. The number of aromatic hydroxyl groups is 1. The summed E-state index contributed by atoms with van der Waals surface area (Å²) < 4.78 is 11.0. The Hall–Kier alpha value is -2.57. The second-order valence-corrected chi connectivity index (χ2v) is 16.6. The van der Waals surface area contributed by atoms with Crippen LogP contribution in [0, 0.1) is 41.6 Å². The smallest absolute Gasteiger partial charge is 0.208 e. The lowest BCUT2D eigenvalue weighted by Gasteiger charge is -2.34. The number of nitrogens with one attached hydrogen (secondary N) is 1. The van der Waals surface area contributed by atoms with E-state index in [9.17, 15) is 25.5 Å². The van der Waals surface area contributed by atoms with Crippen LogP contribution >= 0.6 is 0 Å². The minimum absolute atomic E-state index is 0.0152. The summed E-state index contributed by atoms with van der Waals surface area (Å²) in [5, 5.41) is 54.5. The van der Waals surface area contributed by atoms with Gasteiger partial charge in [-0.15, -0.1) is 16.6 Å². The standard InChI is InChI=1S/C43H65N3O7/c1-27(49)23-45-24-36-34-7-4-6-30(34)13-15-38-35(36)22-39(46-38)41(51)26-52-43-20-29(11-16-40(43)50)10-14-33-21-32(25-48)42(53-33)8-3-2-5-28-9-12-31(17-18-47)37(44)19-28/h11,16,20-22,27-28,30-31,34,36-37,41-42,45,47-49,51,53H,2-10,12-15,17-19,23-26,44H2,1H3/p+1/t27-,28+,30+,31-,34-,36-,37+,41-,42?/m0/s1. The fraction of sp³-hybridized carbons (Fsp3) is 0.698. The minimum Gasteiger partial charge on any atom is -0.504 e. The van der Waals surface area contributed by atoms with Gasteiger partial charge in [0.25, 0.3) is 0 Å². The van der Waals surface area contributed by atoms with Crippen LogP contribution < -0.4 is 15.8 Å². The molecule has 0 spiro atoms. The number of nitrogens with zero attached hydrogens (tertiary/aromatic N) is 1. The summed E-state index contributed by atoms with van der Waals surface area (Å²) in [4.78, 5) is 4.91. The number of benzene rings is 1. The Labute approximate surface area is 317 Å². The number of fused-ring (bicyclic) bond motifs is 2. The van der Waals surface area contributed by atoms with Crippen LogP contribution in [-0.4, -0.2) is 93.2 Å². The van der Waals surface area contributed by atoms with Gasteiger partial charge in [0.2, 0.25) is 5.70 Å². The molecule has 53 heavy (non-hydrogen) atoms. The van der Waals surface area contributed by atoms with Crippen molar-refractivity contribution < 1.29 is 35.0 Å². The summed E-state index contributed by atoms with van der Waals surface area (Å²) in [5.41, 5.74) is 10.1. The number of aliphatic hydroxyl groups excluding tert-OH is 4. The molecule has 0 amide bonds. The van der Waals surface area contributed by atoms with E-state index in [-0.39, 0.29) is 37.7 Å². The molecule has 1 aromatic rings. The van der Waals surface area contributed by atoms with Crippen molar-refractivity contribution in [2.75, 3.05) is 32.9 Å². The Morgan fingerprint density at radius 1 is 1.09 bits per heavy atom. The summed E-state index contributed by atoms with van der Waals surface area (Å²) in [6.07, 6.45) is 19.6. The molecule has 0 bridgehead atoms. The average Bonchev–Trinajstić information content (AvgIpc) is 3.88. The number of unbranched alkanes of at least 4 members (excludes halogenated alkanes) is 1. The third kappa shape index (κ3) is 10.6. The number of aliphatic imine (C=N–C) groups is 1. The van der Waals surface area contributed by atoms with Gasteiger partial charge in [0, 0.05) is 45.2 Å². The van der Waals surface area contributed by atoms with Crippen molar-refractivity contribution in [1.82, 2.24) is 5.32 Å². The van der Waals surface area contributed by atoms with Crippen molar-refractivity contribution in [2.45, 2.75) is 128 Å². The van der Waals surface area contributed by atoms with E-state index in [0.717, 1.165) is 87.3 Å². The molecule has 9 N–H and O–H groups in total. The lowest BCUT2D eigenvalue weighted by atomic mass is 9.75. The first-order valence-corrected chi connectivity index (χ1v) is 20.6. The number of rotatable bonds is 19. The second-order valence-electron chi connectivity index (χ2n) is 16.6. The zero-order valence-electron chi connectivity index (χ0n) is 31.8. The van der Waals surface area contributed by atoms with E-state index in [4.69, 9.17) is 20.2 Å². The molecular weight excluding hydrogens is 670 g/mol. The van der Waals surface area contributed by atoms with Gasteiger partial charge in [0.15, 0.2) is 17.6 Å². The summed E-state index contributed by atoms with van der Waals surface area (Å²) in [5.74, 6) is 4.34. The molecule has 0 aromatic heterocycles. The minimum atomic E-state index is -0.924. The number of hydrogen-bond donors (Lipinski definition) is 7. The lowest BCUT2D eigenvalue weighted by Crippen LogP contribution is -2.37. The van der Waals surface area contributed by atoms with Gasteiger partial charge in [0.05, 0.1) is 18.1 Å². The third-order valence-electron chi connectivity index (χ3n) is 12.8. The Bertz CT molecular complexity index is 1410. The Kier molecular flexibility index (Phi) is 14.6. The topological polar surface area (TPSA) is 174 Å². The van der Waals surface area contributed by atoms with Gasteiger partial charge in [-0.3, -0.25) is 0 Å². The van der Waals surface area contributed by atoms with Gasteiger partial charge in [-0.25, -0.2) is 0 Å². The van der Waals surface area contributed by atoms with Crippen LogP contribution in [0.25, 0.3) is 0 Å². The number of hydrogen-bond acceptors (Lipinski definition) is 9. The van der Waals surface area contributed by atoms with Gasteiger partial charge in [0.1, 0.15) is 30.4 Å². The third-order valence-corrected chi connectivity index (χ3v) is 12.8. The quantitative estimate of drug-likeness (QED) is 0.0602. The molecule has 1 unspecified atom stereocenters. The number of phenols is 1. The van der Waals surface area contributed by atoms with E-state index in [1.54, 1.807) is 13.0 Å². The summed E-state index contributed by atoms with van der Waals surface area (Å²) in [7, 11) is 0. The monoisotopic (exact) mass is 736 g/mol. The number of phenolic OH excluding ortho intramolecular Hbond substituents is 1. The second kappa shape index (κ2) is 19.3. The highest BCUT2D eigenvalue weighted by molar-refractivity contribution is 6.03. The largest absolute Gasteiger partial charge is 0.504 e. The first-order valence-electron chi connectivity index (χ1n) is 20.6. The summed E-state index contributed by atoms with van der Waals surface area (Å²) >= 11 is 0. The molecule has 0 saturated heterocycles. The van der Waals surface area contributed by atoms with Gasteiger partial charge in [-0.05, 0) is 99.7 Å². The molecule has 10 nitrogen and oxygen atoms in total. The zero-order chi connectivity index (χ0) is 37.3. The molecule has 2 heterocycles. The number of aryl methyl sites for hydroxylation is 1. The highest BCUT2D eigenvalue weighted by atomic mass is 16.5. The first-order chi connectivity index (χ1) is 25.7. The summed E-state index contributed by atoms with van der Waals surface area (Å²) in [6.45, 7) is 3.39. The van der Waals surface area contributed by atoms with E-state index >= 15 is 0 Å². The summed E-state index contributed by atoms with van der Waals surface area (Å²) in [6, 6.07) is 5.58. The maximum atomic E-state index is 11.2. The zero-order valence-corrected chi connectivity index (χ0v) is 31.8. The van der Waals surface area contributed by atoms with Crippen molar-refractivity contribution in [3.8, 4) is 11.5 Å². The van der Waals surface area contributed by atoms with Crippen molar-refractivity contribution in [3.63, 3.8) is 0 Å². The van der Waals surface area contributed by atoms with Crippen LogP contribution in [0.2, 0.25) is 0 Å². The van der Waals surface area contributed by atoms with Gasteiger partial charge in [-0.2, -0.15) is 0 Å². The van der Waals surface area contributed by atoms with Crippen molar-refractivity contribution in [2.24, 2.45) is 40.3 Å². The number of aliphatic hydroxyl groups is 6. The van der Waals surface area contributed by atoms with Crippen LogP contribution in [-0.2, 0) is 6.42 Å². The fourth-order valence-corrected chi connectivity index (χ4v) is 9.84. The molecule has 9 atom stereocenters. The Morgan fingerprint density at radius 2 is 1.94 bits per heavy atom. The predicted octanol–water partition coefficient (Wildman–Crippen LogP) is 4.82. The molecule has 3 aliphatic carbocycles. The molecule has 6 rings (SSSR count). The fourth-order valence-electron chi connectivity index (χ4n) is 9.84. The Balaban J connectivity index is 0.957.